The Morgan fingerprint density at radius 1 is 0.946 bits per heavy atom. The highest BCUT2D eigenvalue weighted by atomic mass is 16.7. The molecule has 0 aliphatic carbocycles. The molecule has 1 aromatic heterocycles. The third kappa shape index (κ3) is 6.00. The number of carbonyl (C=O) groups excluding carboxylic acids is 1. The van der Waals surface area contributed by atoms with E-state index in [4.69, 9.17) is 9.57 Å². The van der Waals surface area contributed by atoms with E-state index in [9.17, 15) is 4.79 Å². The largest absolute Gasteiger partial charge is 0.494 e. The first-order chi connectivity index (χ1) is 18.2. The summed E-state index contributed by atoms with van der Waals surface area (Å²) < 4.78 is 5.88. The molecular formula is C30H32N4O3. The van der Waals surface area contributed by atoms with Crippen LogP contribution in [0.3, 0.4) is 0 Å². The Labute approximate surface area is 217 Å². The number of unbranched alkanes of at least 4 members (excludes halogenated alkanes) is 3. The molecule has 0 atom stereocenters. The first kappa shape index (κ1) is 24.6. The zero-order chi connectivity index (χ0) is 25.5. The summed E-state index contributed by atoms with van der Waals surface area (Å²) in [6.45, 7) is 4.73. The molecule has 0 fully saturated rings. The van der Waals surface area contributed by atoms with Crippen molar-refractivity contribution in [2.24, 2.45) is 0 Å². The maximum atomic E-state index is 12.6. The average molecular weight is 497 g/mol. The monoisotopic (exact) mass is 496 g/mol. The van der Waals surface area contributed by atoms with Gasteiger partial charge in [0.15, 0.2) is 0 Å². The summed E-state index contributed by atoms with van der Waals surface area (Å²) in [5.74, 6) is 0.463. The van der Waals surface area contributed by atoms with E-state index in [0.29, 0.717) is 16.6 Å². The van der Waals surface area contributed by atoms with Crippen LogP contribution in [-0.4, -0.2) is 40.8 Å². The first-order valence-electron chi connectivity index (χ1n) is 13.0. The van der Waals surface area contributed by atoms with E-state index in [0.717, 1.165) is 48.8 Å². The number of carbonyl (C=O) groups is 1. The molecule has 0 amide bonds. The van der Waals surface area contributed by atoms with E-state index in [1.54, 1.807) is 12.1 Å². The van der Waals surface area contributed by atoms with E-state index < -0.39 is 5.97 Å². The molecule has 4 aromatic rings. The molecule has 2 heterocycles. The molecule has 0 N–H and O–H groups in total. The lowest BCUT2D eigenvalue weighted by Crippen LogP contribution is -2.28. The Morgan fingerprint density at radius 2 is 1.76 bits per heavy atom. The van der Waals surface area contributed by atoms with Gasteiger partial charge in [-0.2, -0.15) is 0 Å². The summed E-state index contributed by atoms with van der Waals surface area (Å²) in [6, 6.07) is 23.3. The van der Waals surface area contributed by atoms with Crippen molar-refractivity contribution in [1.29, 1.82) is 0 Å². The quantitative estimate of drug-likeness (QED) is 0.200. The van der Waals surface area contributed by atoms with Crippen LogP contribution in [0.5, 0.6) is 5.75 Å². The van der Waals surface area contributed by atoms with Gasteiger partial charge in [-0.3, -0.25) is 0 Å². The predicted molar refractivity (Wildman–Crippen MR) is 146 cm³/mol. The molecule has 37 heavy (non-hydrogen) atoms. The van der Waals surface area contributed by atoms with Crippen LogP contribution < -0.4 is 14.5 Å². The molecule has 0 radical (unpaired) electrons. The SMILES string of the molecule is CCCCCCOc1ccc(C2=CCN(c3ccc(C(=O)On4nnc5ccccc54)cc3)CC2)cc1. The van der Waals surface area contributed by atoms with Gasteiger partial charge in [-0.15, -0.1) is 5.10 Å². The fraction of sp³-hybridized carbons (Fsp3) is 0.300. The molecular weight excluding hydrogens is 464 g/mol. The van der Waals surface area contributed by atoms with Gasteiger partial charge in [0.2, 0.25) is 0 Å². The minimum Gasteiger partial charge on any atom is -0.494 e. The van der Waals surface area contributed by atoms with E-state index in [-0.39, 0.29) is 0 Å². The molecule has 7 heteroatoms. The smallest absolute Gasteiger partial charge is 0.365 e. The lowest BCUT2D eigenvalue weighted by atomic mass is 9.99. The Morgan fingerprint density at radius 3 is 2.51 bits per heavy atom. The molecule has 1 aliphatic heterocycles. The molecule has 7 nitrogen and oxygen atoms in total. The summed E-state index contributed by atoms with van der Waals surface area (Å²) in [4.78, 5) is 21.5. The van der Waals surface area contributed by atoms with E-state index in [1.807, 2.05) is 36.4 Å². The number of hydrogen-bond donors (Lipinski definition) is 0. The summed E-state index contributed by atoms with van der Waals surface area (Å²) in [5, 5.41) is 7.92. The van der Waals surface area contributed by atoms with Gasteiger partial charge in [-0.25, -0.2) is 4.79 Å². The minimum atomic E-state index is -0.476. The summed E-state index contributed by atoms with van der Waals surface area (Å²) in [7, 11) is 0. The highest BCUT2D eigenvalue weighted by Crippen LogP contribution is 2.27. The molecule has 1 aliphatic rings. The highest BCUT2D eigenvalue weighted by Gasteiger charge is 2.16. The number of fused-ring (bicyclic) bond motifs is 1. The van der Waals surface area contributed by atoms with Crippen molar-refractivity contribution in [2.45, 2.75) is 39.0 Å². The van der Waals surface area contributed by atoms with Crippen LogP contribution in [0.4, 0.5) is 5.69 Å². The zero-order valence-electron chi connectivity index (χ0n) is 21.2. The molecule has 5 rings (SSSR count). The normalized spacial score (nSPS) is 13.4. The van der Waals surface area contributed by atoms with Crippen molar-refractivity contribution in [3.63, 3.8) is 0 Å². The molecule has 0 saturated heterocycles. The number of benzene rings is 3. The second-order valence-electron chi connectivity index (χ2n) is 9.24. The number of rotatable bonds is 10. The van der Waals surface area contributed by atoms with Crippen molar-refractivity contribution in [2.75, 3.05) is 24.6 Å². The van der Waals surface area contributed by atoms with Gasteiger partial charge >= 0.3 is 5.97 Å². The molecule has 0 bridgehead atoms. The molecule has 0 saturated carbocycles. The van der Waals surface area contributed by atoms with Gasteiger partial charge in [0, 0.05) is 18.8 Å². The molecule has 190 valence electrons. The third-order valence-corrected chi connectivity index (χ3v) is 6.66. The van der Waals surface area contributed by atoms with Crippen molar-refractivity contribution in [1.82, 2.24) is 15.2 Å². The van der Waals surface area contributed by atoms with Gasteiger partial charge in [-0.1, -0.05) is 61.4 Å². The van der Waals surface area contributed by atoms with Crippen LogP contribution >= 0.6 is 0 Å². The van der Waals surface area contributed by atoms with Crippen molar-refractivity contribution in [3.05, 3.63) is 90.0 Å². The number of para-hydroxylation sites is 1. The number of hydrogen-bond acceptors (Lipinski definition) is 6. The van der Waals surface area contributed by atoms with Crippen molar-refractivity contribution < 1.29 is 14.4 Å². The minimum absolute atomic E-state index is 0.462. The fourth-order valence-electron chi connectivity index (χ4n) is 4.50. The van der Waals surface area contributed by atoms with Crippen LogP contribution in [0.1, 0.15) is 54.9 Å². The van der Waals surface area contributed by atoms with Crippen LogP contribution in [-0.2, 0) is 0 Å². The second-order valence-corrected chi connectivity index (χ2v) is 9.24. The van der Waals surface area contributed by atoms with Gasteiger partial charge in [-0.05, 0) is 77.7 Å². The summed E-state index contributed by atoms with van der Waals surface area (Å²) in [5.41, 5.74) is 5.45. The summed E-state index contributed by atoms with van der Waals surface area (Å²) in [6.07, 6.45) is 8.08. The van der Waals surface area contributed by atoms with Gasteiger partial charge < -0.3 is 14.5 Å². The first-order valence-corrected chi connectivity index (χ1v) is 13.0. The Hall–Kier alpha value is -4.13. The number of ether oxygens (including phenoxy) is 1. The Balaban J connectivity index is 1.15. The van der Waals surface area contributed by atoms with E-state index >= 15 is 0 Å². The standard InChI is InChI=1S/C30H32N4O3/c1-2-3-4-7-22-36-27-16-12-23(13-17-27)24-18-20-33(21-19-24)26-14-10-25(11-15-26)30(35)37-34-29-9-6-5-8-28(29)31-32-34/h5-6,8-18H,2-4,7,19-22H2,1H3. The third-order valence-electron chi connectivity index (χ3n) is 6.66. The van der Waals surface area contributed by atoms with Crippen LogP contribution in [0.15, 0.2) is 78.9 Å². The average Bonchev–Trinajstić information content (AvgIpc) is 3.36. The number of anilines is 1. The molecule has 0 spiro atoms. The Bertz CT molecular complexity index is 1360. The van der Waals surface area contributed by atoms with Crippen LogP contribution in [0.25, 0.3) is 16.6 Å². The summed E-state index contributed by atoms with van der Waals surface area (Å²) >= 11 is 0. The van der Waals surface area contributed by atoms with Gasteiger partial charge in [0.1, 0.15) is 16.8 Å². The maximum absolute atomic E-state index is 12.6. The predicted octanol–water partition coefficient (Wildman–Crippen LogP) is 5.95. The van der Waals surface area contributed by atoms with Crippen molar-refractivity contribution in [3.8, 4) is 5.75 Å². The second kappa shape index (κ2) is 11.7. The zero-order valence-corrected chi connectivity index (χ0v) is 21.2. The number of aromatic nitrogens is 3. The van der Waals surface area contributed by atoms with Crippen LogP contribution in [0.2, 0.25) is 0 Å². The van der Waals surface area contributed by atoms with Gasteiger partial charge in [0.25, 0.3) is 0 Å². The topological polar surface area (TPSA) is 69.5 Å². The van der Waals surface area contributed by atoms with Gasteiger partial charge in [0.05, 0.1) is 12.2 Å². The lowest BCUT2D eigenvalue weighted by molar-refractivity contribution is 0.0409. The fourth-order valence-corrected chi connectivity index (χ4v) is 4.50. The van der Waals surface area contributed by atoms with Crippen molar-refractivity contribution >= 4 is 28.3 Å². The lowest BCUT2D eigenvalue weighted by Gasteiger charge is -2.28. The van der Waals surface area contributed by atoms with Crippen LogP contribution in [0, 0.1) is 0 Å². The maximum Gasteiger partial charge on any atom is 0.365 e. The van der Waals surface area contributed by atoms with E-state index in [2.05, 4.69) is 52.5 Å². The van der Waals surface area contributed by atoms with E-state index in [1.165, 1.54) is 30.4 Å². The number of nitrogens with zero attached hydrogens (tertiary/aromatic N) is 4. The molecule has 0 unspecified atom stereocenters. The molecule has 3 aromatic carbocycles. The Kier molecular flexibility index (Phi) is 7.79. The highest BCUT2D eigenvalue weighted by molar-refractivity contribution is 5.90.